The molecule has 202 valence electrons. The van der Waals surface area contributed by atoms with Crippen molar-refractivity contribution in [1.29, 1.82) is 0 Å². The van der Waals surface area contributed by atoms with E-state index in [9.17, 15) is 19.8 Å². The van der Waals surface area contributed by atoms with Gasteiger partial charge in [0.1, 0.15) is 0 Å². The van der Waals surface area contributed by atoms with Gasteiger partial charge in [-0.2, -0.15) is 11.8 Å². The molecule has 0 spiro atoms. The number of thioether (sulfide) groups is 1. The maximum atomic E-state index is 12.6. The third-order valence-corrected chi connectivity index (χ3v) is 7.21. The molecule has 37 heavy (non-hydrogen) atoms. The first-order valence-corrected chi connectivity index (χ1v) is 13.8. The van der Waals surface area contributed by atoms with Crippen LogP contribution in [0.2, 0.25) is 0 Å². The van der Waals surface area contributed by atoms with E-state index in [2.05, 4.69) is 12.2 Å². The molecule has 8 nitrogen and oxygen atoms in total. The van der Waals surface area contributed by atoms with Crippen molar-refractivity contribution in [1.82, 2.24) is 5.32 Å². The van der Waals surface area contributed by atoms with Gasteiger partial charge in [0.2, 0.25) is 0 Å². The number of methoxy groups -OCH3 is 1. The summed E-state index contributed by atoms with van der Waals surface area (Å²) >= 11 is 1.76. The van der Waals surface area contributed by atoms with Crippen LogP contribution in [0, 0.1) is 0 Å². The average molecular weight is 532 g/mol. The third-order valence-electron chi connectivity index (χ3n) is 6.23. The largest absolute Gasteiger partial charge is 0.465 e. The number of ether oxygens (including phenoxy) is 3. The van der Waals surface area contributed by atoms with Gasteiger partial charge in [-0.05, 0) is 47.6 Å². The second-order valence-electron chi connectivity index (χ2n) is 8.95. The highest BCUT2D eigenvalue weighted by molar-refractivity contribution is 7.99. The highest BCUT2D eigenvalue weighted by atomic mass is 32.2. The molecule has 1 aliphatic rings. The van der Waals surface area contributed by atoms with Gasteiger partial charge in [-0.3, -0.25) is 4.79 Å². The van der Waals surface area contributed by atoms with E-state index in [1.54, 1.807) is 23.9 Å². The molecule has 0 unspecified atom stereocenters. The van der Waals surface area contributed by atoms with E-state index in [-0.39, 0.29) is 38.3 Å². The van der Waals surface area contributed by atoms with Gasteiger partial charge < -0.3 is 29.7 Å². The topological polar surface area (TPSA) is 114 Å². The number of carbonyl (C=O) groups is 2. The monoisotopic (exact) mass is 531 g/mol. The van der Waals surface area contributed by atoms with Crippen molar-refractivity contribution < 1.29 is 34.0 Å². The Kier molecular flexibility index (Phi) is 11.4. The number of rotatable bonds is 13. The Morgan fingerprint density at radius 3 is 2.54 bits per heavy atom. The van der Waals surface area contributed by atoms with Crippen LogP contribution in [0.1, 0.15) is 43.0 Å². The maximum absolute atomic E-state index is 12.6. The van der Waals surface area contributed by atoms with Gasteiger partial charge in [-0.25, -0.2) is 4.79 Å². The number of nitrogens with one attached hydrogen (secondary N) is 1. The summed E-state index contributed by atoms with van der Waals surface area (Å²) in [5.41, 5.74) is 2.60. The van der Waals surface area contributed by atoms with Crippen molar-refractivity contribution in [3.8, 4) is 11.1 Å². The van der Waals surface area contributed by atoms with E-state index in [1.165, 1.54) is 7.11 Å². The summed E-state index contributed by atoms with van der Waals surface area (Å²) in [7, 11) is 1.23. The summed E-state index contributed by atoms with van der Waals surface area (Å²) in [6.07, 6.45) is -1.83. The van der Waals surface area contributed by atoms with Gasteiger partial charge >= 0.3 is 5.97 Å². The molecule has 1 aliphatic heterocycles. The fraction of sp³-hybridized carbons (Fsp3) is 0.500. The van der Waals surface area contributed by atoms with Crippen LogP contribution in [0.15, 0.2) is 54.6 Å². The lowest BCUT2D eigenvalue weighted by Gasteiger charge is -2.42. The number of aliphatic hydroxyl groups is 2. The zero-order valence-corrected chi connectivity index (χ0v) is 22.2. The van der Waals surface area contributed by atoms with E-state index < -0.39 is 30.1 Å². The normalized spacial score (nSPS) is 22.3. The van der Waals surface area contributed by atoms with Crippen LogP contribution in [0.5, 0.6) is 0 Å². The lowest BCUT2D eigenvalue weighted by molar-refractivity contribution is -0.301. The lowest BCUT2D eigenvalue weighted by atomic mass is 9.94. The molecule has 2 aromatic rings. The second-order valence-corrected chi connectivity index (χ2v) is 10.3. The first kappa shape index (κ1) is 29.1. The molecule has 1 heterocycles. The van der Waals surface area contributed by atoms with Crippen molar-refractivity contribution in [3.63, 3.8) is 0 Å². The molecule has 1 saturated heterocycles. The molecule has 1 fully saturated rings. The predicted molar refractivity (Wildman–Crippen MR) is 143 cm³/mol. The lowest BCUT2D eigenvalue weighted by Crippen LogP contribution is -2.56. The van der Waals surface area contributed by atoms with E-state index >= 15 is 0 Å². The molecule has 4 atom stereocenters. The van der Waals surface area contributed by atoms with Gasteiger partial charge in [0.25, 0.3) is 11.7 Å². The van der Waals surface area contributed by atoms with E-state index in [0.717, 1.165) is 22.6 Å². The smallest absolute Gasteiger partial charge is 0.366 e. The Morgan fingerprint density at radius 1 is 1.16 bits per heavy atom. The summed E-state index contributed by atoms with van der Waals surface area (Å²) in [6.45, 7) is 2.52. The summed E-state index contributed by atoms with van der Waals surface area (Å²) in [4.78, 5) is 25.1. The molecule has 3 N–H and O–H groups in total. The van der Waals surface area contributed by atoms with Crippen molar-refractivity contribution in [3.05, 3.63) is 60.2 Å². The average Bonchev–Trinajstić information content (AvgIpc) is 2.92. The fourth-order valence-corrected chi connectivity index (χ4v) is 4.90. The molecule has 3 rings (SSSR count). The van der Waals surface area contributed by atoms with Crippen LogP contribution in [0.3, 0.4) is 0 Å². The standard InChI is InChI=1S/C28H37NO7S/c1-3-37-17-7-16-35-28(27(33)34-2)19-23(30)18-25(36-28)24(31)14-15-29-26(32)22-12-10-21(11-13-22)20-8-5-4-6-9-20/h4-6,8-13,23-25,30-31H,3,7,14-19H2,1-2H3,(H,29,32)/t23-,24-,25-,28-/m1/s1. The number of carbonyl (C=O) groups excluding carboxylic acids is 2. The van der Waals surface area contributed by atoms with Gasteiger partial charge in [-0.1, -0.05) is 49.4 Å². The molecule has 0 radical (unpaired) electrons. The Morgan fingerprint density at radius 2 is 1.86 bits per heavy atom. The summed E-state index contributed by atoms with van der Waals surface area (Å²) in [5, 5.41) is 24.0. The number of hydrogen-bond acceptors (Lipinski definition) is 8. The SMILES string of the molecule is CCSCCCO[C@]1(C(=O)OC)C[C@H](O)C[C@H]([C@H](O)CCNC(=O)c2ccc(-c3ccccc3)cc2)O1. The molecule has 2 aromatic carbocycles. The second kappa shape index (κ2) is 14.5. The van der Waals surface area contributed by atoms with Gasteiger partial charge in [0.15, 0.2) is 0 Å². The molecular weight excluding hydrogens is 494 g/mol. The maximum Gasteiger partial charge on any atom is 0.366 e. The van der Waals surface area contributed by atoms with Gasteiger partial charge in [-0.15, -0.1) is 0 Å². The highest BCUT2D eigenvalue weighted by Crippen LogP contribution is 2.34. The minimum Gasteiger partial charge on any atom is -0.465 e. The van der Waals surface area contributed by atoms with Crippen LogP contribution in [0.4, 0.5) is 0 Å². The van der Waals surface area contributed by atoms with Crippen LogP contribution in [0.25, 0.3) is 11.1 Å². The first-order chi connectivity index (χ1) is 17.9. The van der Waals surface area contributed by atoms with E-state index in [4.69, 9.17) is 14.2 Å². The zero-order valence-electron chi connectivity index (χ0n) is 21.4. The Labute approximate surface area is 222 Å². The van der Waals surface area contributed by atoms with Crippen molar-refractivity contribution in [2.45, 2.75) is 56.7 Å². The van der Waals surface area contributed by atoms with Crippen molar-refractivity contribution in [2.24, 2.45) is 0 Å². The van der Waals surface area contributed by atoms with Crippen LogP contribution >= 0.6 is 11.8 Å². The third kappa shape index (κ3) is 8.28. The number of amides is 1. The molecule has 9 heteroatoms. The van der Waals surface area contributed by atoms with Crippen LogP contribution in [-0.2, 0) is 19.0 Å². The number of hydrogen-bond donors (Lipinski definition) is 3. The number of aliphatic hydroxyl groups excluding tert-OH is 2. The summed E-state index contributed by atoms with van der Waals surface area (Å²) in [6, 6.07) is 17.2. The van der Waals surface area contributed by atoms with Crippen molar-refractivity contribution in [2.75, 3.05) is 31.8 Å². The van der Waals surface area contributed by atoms with Crippen molar-refractivity contribution >= 4 is 23.6 Å². The number of benzene rings is 2. The Balaban J connectivity index is 1.53. The minimum atomic E-state index is -1.77. The Bertz CT molecular complexity index is 988. The van der Waals surface area contributed by atoms with Gasteiger partial charge in [0.05, 0.1) is 32.0 Å². The zero-order chi connectivity index (χ0) is 26.7. The summed E-state index contributed by atoms with van der Waals surface area (Å²) in [5.74, 6) is -0.899. The molecule has 1 amide bonds. The molecule has 0 aliphatic carbocycles. The highest BCUT2D eigenvalue weighted by Gasteiger charge is 2.51. The Hall–Kier alpha value is -2.43. The number of esters is 1. The molecular formula is C28H37NO7S. The molecule has 0 bridgehead atoms. The van der Waals surface area contributed by atoms with E-state index in [0.29, 0.717) is 12.0 Å². The molecule has 0 saturated carbocycles. The predicted octanol–water partition coefficient (Wildman–Crippen LogP) is 3.40. The van der Waals surface area contributed by atoms with E-state index in [1.807, 2.05) is 42.5 Å². The quantitative estimate of drug-likeness (QED) is 0.266. The van der Waals surface area contributed by atoms with Crippen LogP contribution in [-0.4, -0.2) is 78.0 Å². The van der Waals surface area contributed by atoms with Gasteiger partial charge in [0, 0.05) is 24.9 Å². The fourth-order valence-electron chi connectivity index (χ4n) is 4.29. The van der Waals surface area contributed by atoms with Crippen LogP contribution < -0.4 is 5.32 Å². The molecule has 0 aromatic heterocycles. The first-order valence-electron chi connectivity index (χ1n) is 12.7. The minimum absolute atomic E-state index is 0.0699. The summed E-state index contributed by atoms with van der Waals surface area (Å²) < 4.78 is 16.7.